The fourth-order valence-corrected chi connectivity index (χ4v) is 3.12. The van der Waals surface area contributed by atoms with Gasteiger partial charge in [0, 0.05) is 20.1 Å². The van der Waals surface area contributed by atoms with Crippen LogP contribution in [0.3, 0.4) is 0 Å². The Morgan fingerprint density at radius 3 is 2.43 bits per heavy atom. The molecule has 0 spiro atoms. The maximum Gasteiger partial charge on any atom is 0.242 e. The second kappa shape index (κ2) is 8.36. The molecule has 0 bridgehead atoms. The molecule has 0 fully saturated rings. The highest BCUT2D eigenvalue weighted by Crippen LogP contribution is 2.20. The fraction of sp³-hybridized carbons (Fsp3) is 0.600. The third-order valence-electron chi connectivity index (χ3n) is 3.42. The Bertz CT molecular complexity index is 514. The molecular formula is C15H26N2O3S. The predicted octanol–water partition coefficient (Wildman–Crippen LogP) is 1.95. The first kappa shape index (κ1) is 17.9. The molecule has 0 aliphatic heterocycles. The zero-order valence-corrected chi connectivity index (χ0v) is 14.1. The molecule has 6 heteroatoms. The summed E-state index contributed by atoms with van der Waals surface area (Å²) in [6, 6.07) is 6.58. The van der Waals surface area contributed by atoms with Crippen molar-refractivity contribution in [3.63, 3.8) is 0 Å². The number of nitrogens with zero attached hydrogens (tertiary/aromatic N) is 1. The summed E-state index contributed by atoms with van der Waals surface area (Å²) < 4.78 is 31.8. The van der Waals surface area contributed by atoms with E-state index in [0.29, 0.717) is 29.7 Å². The van der Waals surface area contributed by atoms with Crippen molar-refractivity contribution >= 4 is 10.0 Å². The molecule has 0 aliphatic carbocycles. The summed E-state index contributed by atoms with van der Waals surface area (Å²) in [4.78, 5) is 0.300. The van der Waals surface area contributed by atoms with Crippen molar-refractivity contribution in [1.82, 2.24) is 9.62 Å². The van der Waals surface area contributed by atoms with Gasteiger partial charge < -0.3 is 10.1 Å². The molecule has 120 valence electrons. The number of sulfonamides is 1. The van der Waals surface area contributed by atoms with Gasteiger partial charge in [0.05, 0.1) is 4.90 Å². The molecule has 21 heavy (non-hydrogen) atoms. The van der Waals surface area contributed by atoms with Crippen molar-refractivity contribution in [2.24, 2.45) is 5.92 Å². The van der Waals surface area contributed by atoms with Crippen LogP contribution < -0.4 is 10.1 Å². The van der Waals surface area contributed by atoms with E-state index in [1.54, 1.807) is 31.3 Å². The second-order valence-electron chi connectivity index (χ2n) is 5.22. The first-order valence-corrected chi connectivity index (χ1v) is 8.69. The van der Waals surface area contributed by atoms with Crippen LogP contribution in [0.4, 0.5) is 0 Å². The normalized spacial score (nSPS) is 13.4. The summed E-state index contributed by atoms with van der Waals surface area (Å²) in [7, 11) is 0.0565. The van der Waals surface area contributed by atoms with Gasteiger partial charge in [0.15, 0.2) is 0 Å². The van der Waals surface area contributed by atoms with Crippen LogP contribution in [0.2, 0.25) is 0 Å². The quantitative estimate of drug-likeness (QED) is 0.708. The number of nitrogens with one attached hydrogen (secondary N) is 1. The van der Waals surface area contributed by atoms with Gasteiger partial charge in [-0.1, -0.05) is 20.3 Å². The van der Waals surface area contributed by atoms with E-state index in [1.807, 2.05) is 14.0 Å². The summed E-state index contributed by atoms with van der Waals surface area (Å²) in [6.45, 7) is 5.93. The Labute approximate surface area is 128 Å². The average Bonchev–Trinajstić information content (AvgIpc) is 2.47. The zero-order chi connectivity index (χ0) is 15.9. The lowest BCUT2D eigenvalue weighted by atomic mass is 10.1. The lowest BCUT2D eigenvalue weighted by molar-refractivity contribution is 0.318. The van der Waals surface area contributed by atoms with E-state index < -0.39 is 10.0 Å². The van der Waals surface area contributed by atoms with Gasteiger partial charge >= 0.3 is 0 Å². The number of likely N-dealkylation sites (N-methyl/N-ethyl adjacent to an activating group) is 1. The van der Waals surface area contributed by atoms with E-state index >= 15 is 0 Å². The Morgan fingerprint density at radius 1 is 1.29 bits per heavy atom. The molecule has 5 nitrogen and oxygen atoms in total. The van der Waals surface area contributed by atoms with Crippen LogP contribution >= 0.6 is 0 Å². The Kier molecular flexibility index (Phi) is 7.14. The molecule has 0 saturated heterocycles. The van der Waals surface area contributed by atoms with E-state index in [9.17, 15) is 8.42 Å². The molecule has 1 N–H and O–H groups in total. The first-order chi connectivity index (χ1) is 9.91. The van der Waals surface area contributed by atoms with Gasteiger partial charge in [-0.25, -0.2) is 12.7 Å². The molecule has 1 unspecified atom stereocenters. The lowest BCUT2D eigenvalue weighted by Crippen LogP contribution is -2.31. The van der Waals surface area contributed by atoms with Crippen LogP contribution in [0.1, 0.15) is 20.3 Å². The van der Waals surface area contributed by atoms with Crippen LogP contribution in [0.5, 0.6) is 5.75 Å². The van der Waals surface area contributed by atoms with Crippen molar-refractivity contribution in [2.45, 2.75) is 25.2 Å². The van der Waals surface area contributed by atoms with Gasteiger partial charge in [0.1, 0.15) is 12.4 Å². The number of ether oxygens (including phenoxy) is 1. The number of benzene rings is 1. The minimum Gasteiger partial charge on any atom is -0.492 e. The third-order valence-corrected chi connectivity index (χ3v) is 5.26. The number of rotatable bonds is 9. The average molecular weight is 314 g/mol. The van der Waals surface area contributed by atoms with E-state index in [2.05, 4.69) is 12.2 Å². The largest absolute Gasteiger partial charge is 0.492 e. The molecule has 0 aliphatic rings. The van der Waals surface area contributed by atoms with Gasteiger partial charge in [-0.15, -0.1) is 0 Å². The SMILES string of the molecule is CCC(C)CN(C)S(=O)(=O)c1ccc(OCCNC)cc1. The lowest BCUT2D eigenvalue weighted by Gasteiger charge is -2.20. The van der Waals surface area contributed by atoms with Gasteiger partial charge in [-0.05, 0) is 37.2 Å². The Morgan fingerprint density at radius 2 is 1.90 bits per heavy atom. The highest BCUT2D eigenvalue weighted by atomic mass is 32.2. The van der Waals surface area contributed by atoms with Crippen LogP contribution in [0, 0.1) is 5.92 Å². The summed E-state index contributed by atoms with van der Waals surface area (Å²) in [5.41, 5.74) is 0. The topological polar surface area (TPSA) is 58.6 Å². The standard InChI is InChI=1S/C15H26N2O3S/c1-5-13(2)12-17(4)21(18,19)15-8-6-14(7-9-15)20-11-10-16-3/h6-9,13,16H,5,10-12H2,1-4H3. The Balaban J connectivity index is 2.75. The maximum atomic E-state index is 12.4. The molecule has 1 aromatic carbocycles. The molecule has 0 saturated carbocycles. The van der Waals surface area contributed by atoms with Gasteiger partial charge in [-0.2, -0.15) is 0 Å². The Hall–Kier alpha value is -1.11. The minimum absolute atomic E-state index is 0.300. The maximum absolute atomic E-state index is 12.4. The molecule has 0 aromatic heterocycles. The summed E-state index contributed by atoms with van der Waals surface area (Å²) in [5.74, 6) is 1.02. The van der Waals surface area contributed by atoms with Crippen LogP contribution in [-0.4, -0.2) is 46.5 Å². The molecular weight excluding hydrogens is 288 g/mol. The number of hydrogen-bond acceptors (Lipinski definition) is 4. The molecule has 0 heterocycles. The van der Waals surface area contributed by atoms with Crippen molar-refractivity contribution in [1.29, 1.82) is 0 Å². The smallest absolute Gasteiger partial charge is 0.242 e. The second-order valence-corrected chi connectivity index (χ2v) is 7.27. The summed E-state index contributed by atoms with van der Waals surface area (Å²) in [6.07, 6.45) is 0.956. The molecule has 0 radical (unpaired) electrons. The summed E-state index contributed by atoms with van der Waals surface area (Å²) in [5, 5.41) is 2.98. The fourth-order valence-electron chi connectivity index (χ4n) is 1.82. The highest BCUT2D eigenvalue weighted by Gasteiger charge is 2.21. The zero-order valence-electron chi connectivity index (χ0n) is 13.3. The summed E-state index contributed by atoms with van der Waals surface area (Å²) >= 11 is 0. The van der Waals surface area contributed by atoms with Crippen molar-refractivity contribution in [3.05, 3.63) is 24.3 Å². The van der Waals surface area contributed by atoms with E-state index in [1.165, 1.54) is 4.31 Å². The van der Waals surface area contributed by atoms with Gasteiger partial charge in [0.2, 0.25) is 10.0 Å². The van der Waals surface area contributed by atoms with Gasteiger partial charge in [-0.3, -0.25) is 0 Å². The molecule has 1 atom stereocenters. The molecule has 1 aromatic rings. The van der Waals surface area contributed by atoms with Crippen LogP contribution in [0.15, 0.2) is 29.2 Å². The van der Waals surface area contributed by atoms with Crippen molar-refractivity contribution in [3.8, 4) is 5.75 Å². The third kappa shape index (κ3) is 5.30. The van der Waals surface area contributed by atoms with E-state index in [4.69, 9.17) is 4.74 Å². The van der Waals surface area contributed by atoms with E-state index in [0.717, 1.165) is 13.0 Å². The van der Waals surface area contributed by atoms with Crippen molar-refractivity contribution < 1.29 is 13.2 Å². The van der Waals surface area contributed by atoms with Crippen molar-refractivity contribution in [2.75, 3.05) is 33.8 Å². The predicted molar refractivity (Wildman–Crippen MR) is 85.1 cm³/mol. The number of hydrogen-bond donors (Lipinski definition) is 1. The molecule has 1 rings (SSSR count). The highest BCUT2D eigenvalue weighted by molar-refractivity contribution is 7.89. The van der Waals surface area contributed by atoms with Gasteiger partial charge in [0.25, 0.3) is 0 Å². The first-order valence-electron chi connectivity index (χ1n) is 7.25. The molecule has 0 amide bonds. The van der Waals surface area contributed by atoms with E-state index in [-0.39, 0.29) is 0 Å². The van der Waals surface area contributed by atoms with Crippen LogP contribution in [-0.2, 0) is 10.0 Å². The minimum atomic E-state index is -3.42. The van der Waals surface area contributed by atoms with Crippen LogP contribution in [0.25, 0.3) is 0 Å². The monoisotopic (exact) mass is 314 g/mol.